The highest BCUT2D eigenvalue weighted by atomic mass is 32.1. The van der Waals surface area contributed by atoms with Gasteiger partial charge in [0.25, 0.3) is 5.56 Å². The topological polar surface area (TPSA) is 51.4 Å². The lowest BCUT2D eigenvalue weighted by Crippen LogP contribution is -2.44. The fourth-order valence-electron chi connectivity index (χ4n) is 3.62. The first-order chi connectivity index (χ1) is 14.8. The number of nitrogens with one attached hydrogen (secondary N) is 2. The van der Waals surface area contributed by atoms with Gasteiger partial charge in [-0.15, -0.1) is 0 Å². The first kappa shape index (κ1) is 23.0. The second-order valence-corrected chi connectivity index (χ2v) is 8.81. The molecule has 2 aromatic carbocycles. The molecule has 1 heterocycles. The maximum absolute atomic E-state index is 12.9. The van der Waals surface area contributed by atoms with E-state index in [0.29, 0.717) is 11.7 Å². The van der Waals surface area contributed by atoms with Crippen molar-refractivity contribution in [3.63, 3.8) is 0 Å². The van der Waals surface area contributed by atoms with E-state index in [9.17, 15) is 4.79 Å². The van der Waals surface area contributed by atoms with Crippen LogP contribution in [0.3, 0.4) is 0 Å². The lowest BCUT2D eigenvalue weighted by molar-refractivity contribution is 0.320. The molecule has 6 heteroatoms. The van der Waals surface area contributed by atoms with Gasteiger partial charge in [-0.3, -0.25) is 4.79 Å². The van der Waals surface area contributed by atoms with Crippen molar-refractivity contribution in [2.24, 2.45) is 0 Å². The predicted octanol–water partition coefficient (Wildman–Crippen LogP) is 4.14. The molecule has 164 valence electrons. The van der Waals surface area contributed by atoms with E-state index in [4.69, 9.17) is 12.2 Å². The fraction of sp³-hybridized carbons (Fsp3) is 0.360. The smallest absolute Gasteiger partial charge is 0.253 e. The molecule has 0 amide bonds. The van der Waals surface area contributed by atoms with Crippen molar-refractivity contribution in [1.82, 2.24) is 20.1 Å². The number of benzene rings is 2. The number of aromatic nitrogens is 1. The van der Waals surface area contributed by atoms with Gasteiger partial charge in [0.05, 0.1) is 18.1 Å². The summed E-state index contributed by atoms with van der Waals surface area (Å²) in [6, 6.07) is 16.5. The number of fused-ring (bicyclic) bond motifs is 1. The number of H-pyrrole nitrogens is 1. The van der Waals surface area contributed by atoms with Crippen LogP contribution in [0.1, 0.15) is 35.2 Å². The number of aryl methyl sites for hydroxylation is 2. The lowest BCUT2D eigenvalue weighted by Gasteiger charge is -2.29. The zero-order valence-corrected chi connectivity index (χ0v) is 19.8. The van der Waals surface area contributed by atoms with E-state index in [1.807, 2.05) is 51.4 Å². The third-order valence-electron chi connectivity index (χ3n) is 5.63. The van der Waals surface area contributed by atoms with E-state index in [1.54, 1.807) is 0 Å². The molecule has 0 aliphatic carbocycles. The summed E-state index contributed by atoms with van der Waals surface area (Å²) in [6.45, 7) is 8.21. The van der Waals surface area contributed by atoms with Gasteiger partial charge >= 0.3 is 0 Å². The summed E-state index contributed by atoms with van der Waals surface area (Å²) in [7, 11) is 4.08. The average molecular weight is 437 g/mol. The fourth-order valence-corrected chi connectivity index (χ4v) is 3.95. The normalized spacial score (nSPS) is 12.2. The van der Waals surface area contributed by atoms with Crippen LogP contribution in [0.15, 0.2) is 53.3 Å². The van der Waals surface area contributed by atoms with E-state index < -0.39 is 0 Å². The molecule has 0 aliphatic heterocycles. The van der Waals surface area contributed by atoms with Gasteiger partial charge in [0.1, 0.15) is 0 Å². The number of aromatic amines is 1. The van der Waals surface area contributed by atoms with Crippen molar-refractivity contribution in [3.8, 4) is 0 Å². The van der Waals surface area contributed by atoms with Crippen LogP contribution >= 0.6 is 12.2 Å². The minimum Gasteiger partial charge on any atom is -0.356 e. The van der Waals surface area contributed by atoms with E-state index in [2.05, 4.69) is 52.1 Å². The van der Waals surface area contributed by atoms with Gasteiger partial charge in [0.2, 0.25) is 0 Å². The number of nitrogens with zero attached hydrogens (tertiary/aromatic N) is 2. The number of hydrogen-bond donors (Lipinski definition) is 2. The first-order valence-electron chi connectivity index (χ1n) is 10.6. The lowest BCUT2D eigenvalue weighted by atomic mass is 10.0. The van der Waals surface area contributed by atoms with Crippen molar-refractivity contribution in [2.45, 2.75) is 33.4 Å². The Morgan fingerprint density at radius 3 is 2.42 bits per heavy atom. The maximum Gasteiger partial charge on any atom is 0.253 e. The van der Waals surface area contributed by atoms with Crippen molar-refractivity contribution < 1.29 is 0 Å². The molecule has 2 N–H and O–H groups in total. The molecule has 0 aliphatic rings. The van der Waals surface area contributed by atoms with Gasteiger partial charge in [-0.25, -0.2) is 0 Å². The van der Waals surface area contributed by atoms with E-state index in [1.165, 1.54) is 5.56 Å². The number of hydrogen-bond acceptors (Lipinski definition) is 3. The Labute approximate surface area is 190 Å². The molecule has 0 fully saturated rings. The monoisotopic (exact) mass is 436 g/mol. The molecular weight excluding hydrogens is 404 g/mol. The van der Waals surface area contributed by atoms with Crippen LogP contribution in [0.5, 0.6) is 0 Å². The molecule has 3 aromatic rings. The second kappa shape index (κ2) is 10.1. The summed E-state index contributed by atoms with van der Waals surface area (Å²) in [5.74, 6) is 0. The second-order valence-electron chi connectivity index (χ2n) is 8.42. The van der Waals surface area contributed by atoms with Crippen LogP contribution < -0.4 is 10.9 Å². The first-order valence-corrected chi connectivity index (χ1v) is 11.0. The van der Waals surface area contributed by atoms with Gasteiger partial charge in [-0.2, -0.15) is 0 Å². The van der Waals surface area contributed by atoms with Crippen molar-refractivity contribution in [3.05, 3.63) is 81.1 Å². The minimum absolute atomic E-state index is 0.0602. The van der Waals surface area contributed by atoms with Crippen LogP contribution in [-0.4, -0.2) is 47.1 Å². The van der Waals surface area contributed by atoms with Crippen molar-refractivity contribution in [1.29, 1.82) is 0 Å². The Hall–Kier alpha value is -2.70. The van der Waals surface area contributed by atoms with E-state index in [-0.39, 0.29) is 11.6 Å². The number of pyridine rings is 1. The number of rotatable bonds is 7. The van der Waals surface area contributed by atoms with Crippen LogP contribution in [0.25, 0.3) is 10.9 Å². The van der Waals surface area contributed by atoms with Gasteiger partial charge in [0, 0.05) is 24.0 Å². The Bertz CT molecular complexity index is 1110. The highest BCUT2D eigenvalue weighted by molar-refractivity contribution is 7.80. The minimum atomic E-state index is -0.0602. The molecule has 5 nitrogen and oxygen atoms in total. The summed E-state index contributed by atoms with van der Waals surface area (Å²) in [6.07, 6.45) is 0. The molecule has 0 bridgehead atoms. The predicted molar refractivity (Wildman–Crippen MR) is 134 cm³/mol. The Morgan fingerprint density at radius 2 is 1.74 bits per heavy atom. The van der Waals surface area contributed by atoms with Gasteiger partial charge in [0.15, 0.2) is 5.11 Å². The summed E-state index contributed by atoms with van der Waals surface area (Å²) in [4.78, 5) is 20.2. The molecular formula is C25H32N4OS. The number of thiocarbonyl (C=S) groups is 1. The summed E-state index contributed by atoms with van der Waals surface area (Å²) >= 11 is 5.77. The molecule has 0 saturated heterocycles. The molecule has 0 spiro atoms. The molecule has 31 heavy (non-hydrogen) atoms. The highest BCUT2D eigenvalue weighted by Crippen LogP contribution is 2.20. The highest BCUT2D eigenvalue weighted by Gasteiger charge is 2.16. The van der Waals surface area contributed by atoms with Crippen LogP contribution in [-0.2, 0) is 6.54 Å². The van der Waals surface area contributed by atoms with Crippen LogP contribution in [0, 0.1) is 13.8 Å². The molecule has 1 aromatic heterocycles. The zero-order chi connectivity index (χ0) is 22.5. The zero-order valence-electron chi connectivity index (χ0n) is 19.0. The van der Waals surface area contributed by atoms with E-state index in [0.717, 1.165) is 40.7 Å². The Kier molecular flexibility index (Phi) is 7.46. The molecule has 3 rings (SSSR count). The largest absolute Gasteiger partial charge is 0.356 e. The molecule has 1 atom stereocenters. The van der Waals surface area contributed by atoms with Crippen LogP contribution in [0.2, 0.25) is 0 Å². The SMILES string of the molecule is Cc1ccc(C)c2[nH]c(=O)c(CN(CCN(C)C)C(=S)NC(C)c3ccccc3)cc12. The third kappa shape index (κ3) is 5.71. The van der Waals surface area contributed by atoms with Gasteiger partial charge in [-0.1, -0.05) is 42.5 Å². The summed E-state index contributed by atoms with van der Waals surface area (Å²) in [5.41, 5.74) is 4.96. The molecule has 0 radical (unpaired) electrons. The third-order valence-corrected chi connectivity index (χ3v) is 6.00. The standard InChI is InChI=1S/C25H32N4OS/c1-17-11-12-18(2)23-22(17)15-21(24(30)27-23)16-29(14-13-28(4)5)25(31)26-19(3)20-9-7-6-8-10-20/h6-12,15,19H,13-14,16H2,1-5H3,(H,26,31)(H,27,30). The van der Waals surface area contributed by atoms with Gasteiger partial charge in [-0.05, 0) is 69.8 Å². The van der Waals surface area contributed by atoms with E-state index >= 15 is 0 Å². The Balaban J connectivity index is 1.87. The quantitative estimate of drug-likeness (QED) is 0.545. The summed E-state index contributed by atoms with van der Waals surface area (Å²) < 4.78 is 0. The van der Waals surface area contributed by atoms with Crippen LogP contribution in [0.4, 0.5) is 0 Å². The maximum atomic E-state index is 12.9. The van der Waals surface area contributed by atoms with Crippen molar-refractivity contribution >= 4 is 28.2 Å². The van der Waals surface area contributed by atoms with Crippen molar-refractivity contribution in [2.75, 3.05) is 27.2 Å². The molecule has 1 unspecified atom stereocenters. The molecule has 0 saturated carbocycles. The average Bonchev–Trinajstić information content (AvgIpc) is 2.74. The van der Waals surface area contributed by atoms with Gasteiger partial charge < -0.3 is 20.1 Å². The number of likely N-dealkylation sites (N-methyl/N-ethyl adjacent to an activating group) is 1. The Morgan fingerprint density at radius 1 is 1.06 bits per heavy atom. The summed E-state index contributed by atoms with van der Waals surface area (Å²) in [5, 5.41) is 5.18.